The van der Waals surface area contributed by atoms with Gasteiger partial charge in [0.15, 0.2) is 11.6 Å². The highest BCUT2D eigenvalue weighted by atomic mass is 16.4. The second-order valence-corrected chi connectivity index (χ2v) is 5.31. The van der Waals surface area contributed by atoms with Crippen LogP contribution in [0, 0.1) is 6.92 Å². The van der Waals surface area contributed by atoms with Crippen LogP contribution >= 0.6 is 0 Å². The highest BCUT2D eigenvalue weighted by molar-refractivity contribution is 5.91. The van der Waals surface area contributed by atoms with E-state index < -0.39 is 5.97 Å². The Labute approximate surface area is 136 Å². The number of aromatic nitrogens is 5. The summed E-state index contributed by atoms with van der Waals surface area (Å²) < 4.78 is 3.21. The van der Waals surface area contributed by atoms with Gasteiger partial charge in [0.25, 0.3) is 0 Å². The summed E-state index contributed by atoms with van der Waals surface area (Å²) in [6, 6.07) is 11.2. The van der Waals surface area contributed by atoms with Gasteiger partial charge in [-0.05, 0) is 31.2 Å². The summed E-state index contributed by atoms with van der Waals surface area (Å²) in [5, 5.41) is 13.7. The standard InChI is InChI=1S/C17H13N5O2/c1-11-15(20-14-7-3-2-6-13(14)19-11)22-16(21-8-4-5-9-21)12(10-18-22)17(23)24/h2-10H,1H3,(H,23,24). The zero-order valence-corrected chi connectivity index (χ0v) is 12.8. The highest BCUT2D eigenvalue weighted by Crippen LogP contribution is 2.22. The highest BCUT2D eigenvalue weighted by Gasteiger charge is 2.21. The molecule has 0 aliphatic rings. The minimum Gasteiger partial charge on any atom is -0.477 e. The van der Waals surface area contributed by atoms with Crippen molar-refractivity contribution in [3.63, 3.8) is 0 Å². The molecule has 4 rings (SSSR count). The molecule has 118 valence electrons. The Bertz CT molecular complexity index is 1050. The molecule has 0 atom stereocenters. The molecule has 7 heteroatoms. The Balaban J connectivity index is 2.01. The molecular formula is C17H13N5O2. The van der Waals surface area contributed by atoms with Crippen LogP contribution in [-0.2, 0) is 0 Å². The van der Waals surface area contributed by atoms with E-state index >= 15 is 0 Å². The smallest absolute Gasteiger partial charge is 0.341 e. The summed E-state index contributed by atoms with van der Waals surface area (Å²) in [6.07, 6.45) is 4.86. The first-order valence-corrected chi connectivity index (χ1v) is 7.33. The quantitative estimate of drug-likeness (QED) is 0.627. The number of fused-ring (bicyclic) bond motifs is 1. The van der Waals surface area contributed by atoms with Gasteiger partial charge < -0.3 is 9.67 Å². The minimum absolute atomic E-state index is 0.0977. The van der Waals surface area contributed by atoms with E-state index in [1.807, 2.05) is 43.3 Å². The molecule has 0 fully saturated rings. The molecule has 0 saturated carbocycles. The predicted molar refractivity (Wildman–Crippen MR) is 87.7 cm³/mol. The average Bonchev–Trinajstić information content (AvgIpc) is 3.23. The van der Waals surface area contributed by atoms with Crippen LogP contribution < -0.4 is 0 Å². The van der Waals surface area contributed by atoms with E-state index in [1.54, 1.807) is 17.0 Å². The van der Waals surface area contributed by atoms with E-state index in [-0.39, 0.29) is 5.56 Å². The number of carbonyl (C=O) groups is 1. The molecular weight excluding hydrogens is 306 g/mol. The van der Waals surface area contributed by atoms with E-state index in [4.69, 9.17) is 0 Å². The Morgan fingerprint density at radius 2 is 1.71 bits per heavy atom. The van der Waals surface area contributed by atoms with Crippen LogP contribution in [0.15, 0.2) is 55.0 Å². The monoisotopic (exact) mass is 319 g/mol. The van der Waals surface area contributed by atoms with Crippen molar-refractivity contribution in [3.8, 4) is 11.6 Å². The minimum atomic E-state index is -1.05. The van der Waals surface area contributed by atoms with Crippen molar-refractivity contribution >= 4 is 17.0 Å². The van der Waals surface area contributed by atoms with E-state index in [0.717, 1.165) is 11.0 Å². The lowest BCUT2D eigenvalue weighted by Crippen LogP contribution is -2.11. The number of carboxylic acids is 1. The Kier molecular flexibility index (Phi) is 3.13. The van der Waals surface area contributed by atoms with E-state index in [0.29, 0.717) is 17.3 Å². The van der Waals surface area contributed by atoms with Gasteiger partial charge in [-0.15, -0.1) is 0 Å². The van der Waals surface area contributed by atoms with Crippen LogP contribution in [0.3, 0.4) is 0 Å². The molecule has 7 nitrogen and oxygen atoms in total. The molecule has 24 heavy (non-hydrogen) atoms. The number of aryl methyl sites for hydroxylation is 1. The van der Waals surface area contributed by atoms with Gasteiger partial charge in [0.2, 0.25) is 0 Å². The van der Waals surface area contributed by atoms with Gasteiger partial charge in [-0.25, -0.2) is 14.8 Å². The second kappa shape index (κ2) is 5.31. The lowest BCUT2D eigenvalue weighted by Gasteiger charge is -2.11. The summed E-state index contributed by atoms with van der Waals surface area (Å²) in [5.41, 5.74) is 2.28. The fourth-order valence-electron chi connectivity index (χ4n) is 2.65. The van der Waals surface area contributed by atoms with Crippen LogP contribution in [0.2, 0.25) is 0 Å². The zero-order chi connectivity index (χ0) is 16.7. The number of rotatable bonds is 3. The fourth-order valence-corrected chi connectivity index (χ4v) is 2.65. The molecule has 0 radical (unpaired) electrons. The summed E-state index contributed by atoms with van der Waals surface area (Å²) in [7, 11) is 0. The molecule has 1 N–H and O–H groups in total. The normalized spacial score (nSPS) is 11.0. The predicted octanol–water partition coefficient (Wildman–Crippen LogP) is 2.61. The molecule has 0 bridgehead atoms. The maximum atomic E-state index is 11.6. The van der Waals surface area contributed by atoms with Crippen LogP contribution in [0.4, 0.5) is 0 Å². The third kappa shape index (κ3) is 2.14. The topological polar surface area (TPSA) is 85.8 Å². The van der Waals surface area contributed by atoms with E-state index in [9.17, 15) is 9.90 Å². The molecule has 1 aromatic carbocycles. The number of nitrogens with zero attached hydrogens (tertiary/aromatic N) is 5. The maximum Gasteiger partial charge on any atom is 0.341 e. The third-order valence-electron chi connectivity index (χ3n) is 3.74. The van der Waals surface area contributed by atoms with Gasteiger partial charge in [-0.3, -0.25) is 0 Å². The average molecular weight is 319 g/mol. The largest absolute Gasteiger partial charge is 0.477 e. The lowest BCUT2D eigenvalue weighted by atomic mass is 10.3. The van der Waals surface area contributed by atoms with Gasteiger partial charge in [-0.2, -0.15) is 9.78 Å². The molecule has 0 amide bonds. The maximum absolute atomic E-state index is 11.6. The van der Waals surface area contributed by atoms with Crippen LogP contribution in [-0.4, -0.2) is 35.4 Å². The number of benzene rings is 1. The Morgan fingerprint density at radius 3 is 2.38 bits per heavy atom. The van der Waals surface area contributed by atoms with Crippen molar-refractivity contribution in [1.82, 2.24) is 24.3 Å². The van der Waals surface area contributed by atoms with Crippen molar-refractivity contribution in [2.75, 3.05) is 0 Å². The Morgan fingerprint density at radius 1 is 1.04 bits per heavy atom. The van der Waals surface area contributed by atoms with E-state index in [2.05, 4.69) is 15.1 Å². The lowest BCUT2D eigenvalue weighted by molar-refractivity contribution is 0.0697. The number of para-hydroxylation sites is 2. The first-order valence-electron chi connectivity index (χ1n) is 7.33. The second-order valence-electron chi connectivity index (χ2n) is 5.31. The molecule has 0 unspecified atom stereocenters. The van der Waals surface area contributed by atoms with Gasteiger partial charge in [-0.1, -0.05) is 12.1 Å². The van der Waals surface area contributed by atoms with Crippen LogP contribution in [0.5, 0.6) is 0 Å². The molecule has 3 heterocycles. The third-order valence-corrected chi connectivity index (χ3v) is 3.74. The van der Waals surface area contributed by atoms with Crippen molar-refractivity contribution in [2.45, 2.75) is 6.92 Å². The van der Waals surface area contributed by atoms with E-state index in [1.165, 1.54) is 10.9 Å². The Hall–Kier alpha value is -3.48. The molecule has 3 aromatic heterocycles. The van der Waals surface area contributed by atoms with Crippen molar-refractivity contribution in [3.05, 3.63) is 66.2 Å². The summed E-state index contributed by atoms with van der Waals surface area (Å²) in [4.78, 5) is 20.7. The first-order chi connectivity index (χ1) is 11.6. The summed E-state index contributed by atoms with van der Waals surface area (Å²) >= 11 is 0. The summed E-state index contributed by atoms with van der Waals surface area (Å²) in [5.74, 6) is -0.124. The van der Waals surface area contributed by atoms with Crippen molar-refractivity contribution in [1.29, 1.82) is 0 Å². The van der Waals surface area contributed by atoms with Gasteiger partial charge >= 0.3 is 5.97 Å². The number of aromatic carboxylic acids is 1. The molecule has 0 aliphatic carbocycles. The zero-order valence-electron chi connectivity index (χ0n) is 12.8. The van der Waals surface area contributed by atoms with Gasteiger partial charge in [0.1, 0.15) is 5.56 Å². The number of carboxylic acid groups (broad SMARTS) is 1. The fraction of sp³-hybridized carbons (Fsp3) is 0.0588. The van der Waals surface area contributed by atoms with Crippen molar-refractivity contribution < 1.29 is 9.90 Å². The molecule has 0 saturated heterocycles. The molecule has 0 spiro atoms. The first kappa shape index (κ1) is 14.1. The molecule has 0 aliphatic heterocycles. The summed E-state index contributed by atoms with van der Waals surface area (Å²) in [6.45, 7) is 1.83. The van der Waals surface area contributed by atoms with Crippen molar-refractivity contribution in [2.24, 2.45) is 0 Å². The molecule has 4 aromatic rings. The SMILES string of the molecule is Cc1nc2ccccc2nc1-n1ncc(C(=O)O)c1-n1cccc1. The van der Waals surface area contributed by atoms with Gasteiger partial charge in [0, 0.05) is 12.4 Å². The van der Waals surface area contributed by atoms with Gasteiger partial charge in [0.05, 0.1) is 22.9 Å². The number of hydrogen-bond donors (Lipinski definition) is 1. The number of hydrogen-bond acceptors (Lipinski definition) is 4. The van der Waals surface area contributed by atoms with Crippen LogP contribution in [0.1, 0.15) is 16.1 Å². The van der Waals surface area contributed by atoms with Crippen LogP contribution in [0.25, 0.3) is 22.7 Å².